The van der Waals surface area contributed by atoms with E-state index in [1.165, 1.54) is 38.4 Å². The molecule has 0 unspecified atom stereocenters. The molecule has 0 saturated heterocycles. The minimum Gasteiger partial charge on any atom is -0.316 e. The van der Waals surface area contributed by atoms with Crippen molar-refractivity contribution < 1.29 is 8.42 Å². The van der Waals surface area contributed by atoms with Crippen LogP contribution >= 0.6 is 11.6 Å². The number of hydrogen-bond acceptors (Lipinski definition) is 3. The Labute approximate surface area is 110 Å². The molecule has 0 aromatic rings. The van der Waals surface area contributed by atoms with Crippen molar-refractivity contribution in [2.45, 2.75) is 38.5 Å². The van der Waals surface area contributed by atoms with E-state index in [4.69, 9.17) is 11.6 Å². The molecule has 1 aliphatic rings. The second-order valence-electron chi connectivity index (χ2n) is 5.35. The van der Waals surface area contributed by atoms with Crippen molar-refractivity contribution in [1.82, 2.24) is 5.32 Å². The Balaban J connectivity index is 2.20. The van der Waals surface area contributed by atoms with E-state index in [0.29, 0.717) is 12.3 Å². The maximum absolute atomic E-state index is 11.0. The van der Waals surface area contributed by atoms with E-state index in [1.807, 2.05) is 0 Å². The molecule has 1 rings (SSSR count). The van der Waals surface area contributed by atoms with Crippen LogP contribution in [0.3, 0.4) is 0 Å². The molecule has 0 aliphatic heterocycles. The Morgan fingerprint density at radius 2 is 1.88 bits per heavy atom. The summed E-state index contributed by atoms with van der Waals surface area (Å²) in [6.07, 6.45) is 8.26. The average molecular weight is 282 g/mol. The van der Waals surface area contributed by atoms with Gasteiger partial charge in [0, 0.05) is 18.7 Å². The zero-order valence-electron chi connectivity index (χ0n) is 10.7. The van der Waals surface area contributed by atoms with Crippen molar-refractivity contribution in [3.05, 3.63) is 0 Å². The lowest BCUT2D eigenvalue weighted by molar-refractivity contribution is 0.213. The van der Waals surface area contributed by atoms with E-state index in [2.05, 4.69) is 5.32 Å². The summed E-state index contributed by atoms with van der Waals surface area (Å²) in [5.74, 6) is 0.986. The van der Waals surface area contributed by atoms with Gasteiger partial charge in [-0.3, -0.25) is 0 Å². The maximum atomic E-state index is 11.0. The van der Waals surface area contributed by atoms with E-state index >= 15 is 0 Å². The zero-order valence-corrected chi connectivity index (χ0v) is 12.2. The van der Waals surface area contributed by atoms with Crippen LogP contribution in [0.25, 0.3) is 0 Å². The van der Waals surface area contributed by atoms with Crippen LogP contribution < -0.4 is 5.32 Å². The lowest BCUT2D eigenvalue weighted by Gasteiger charge is -2.35. The van der Waals surface area contributed by atoms with Crippen LogP contribution in [0, 0.1) is 5.41 Å². The van der Waals surface area contributed by atoms with Crippen molar-refractivity contribution >= 4 is 21.4 Å². The third-order valence-corrected chi connectivity index (χ3v) is 5.16. The van der Waals surface area contributed by atoms with Gasteiger partial charge in [-0.25, -0.2) is 8.42 Å². The Morgan fingerprint density at radius 1 is 1.24 bits per heavy atom. The first-order valence-corrected chi connectivity index (χ1v) is 9.01. The molecule has 5 heteroatoms. The summed E-state index contributed by atoms with van der Waals surface area (Å²) >= 11 is 6.09. The molecule has 0 atom stereocenters. The molecular weight excluding hydrogens is 258 g/mol. The van der Waals surface area contributed by atoms with Gasteiger partial charge in [0.1, 0.15) is 9.84 Å². The first-order chi connectivity index (χ1) is 7.97. The van der Waals surface area contributed by atoms with Crippen molar-refractivity contribution in [3.8, 4) is 0 Å². The fourth-order valence-electron chi connectivity index (χ4n) is 2.47. The zero-order chi connectivity index (χ0) is 12.8. The van der Waals surface area contributed by atoms with Gasteiger partial charge in [-0.1, -0.05) is 19.3 Å². The van der Waals surface area contributed by atoms with Gasteiger partial charge in [-0.15, -0.1) is 11.6 Å². The molecule has 1 aliphatic carbocycles. The molecule has 3 nitrogen and oxygen atoms in total. The van der Waals surface area contributed by atoms with Crippen LogP contribution in [-0.4, -0.2) is 39.4 Å². The normalized spacial score (nSPS) is 20.4. The van der Waals surface area contributed by atoms with E-state index in [-0.39, 0.29) is 11.2 Å². The SMILES string of the molecule is CS(=O)(=O)CCCNCC1(CCl)CCCCC1. The van der Waals surface area contributed by atoms with E-state index < -0.39 is 9.84 Å². The molecule has 0 aromatic carbocycles. The molecule has 102 valence electrons. The summed E-state index contributed by atoms with van der Waals surface area (Å²) in [6, 6.07) is 0. The van der Waals surface area contributed by atoms with Gasteiger partial charge in [0.2, 0.25) is 0 Å². The molecule has 0 bridgehead atoms. The minimum atomic E-state index is -2.82. The van der Waals surface area contributed by atoms with Crippen molar-refractivity contribution in [1.29, 1.82) is 0 Å². The van der Waals surface area contributed by atoms with Crippen LogP contribution in [0.4, 0.5) is 0 Å². The monoisotopic (exact) mass is 281 g/mol. The number of sulfone groups is 1. The van der Waals surface area contributed by atoms with Crippen LogP contribution in [0.1, 0.15) is 38.5 Å². The largest absolute Gasteiger partial charge is 0.316 e. The molecule has 0 spiro atoms. The first kappa shape index (κ1) is 15.3. The van der Waals surface area contributed by atoms with Gasteiger partial charge >= 0.3 is 0 Å². The molecule has 1 N–H and O–H groups in total. The third-order valence-electron chi connectivity index (χ3n) is 3.57. The quantitative estimate of drug-likeness (QED) is 0.575. The Kier molecular flexibility index (Phi) is 6.24. The van der Waals surface area contributed by atoms with E-state index in [1.54, 1.807) is 0 Å². The highest BCUT2D eigenvalue weighted by Gasteiger charge is 2.30. The summed E-state index contributed by atoms with van der Waals surface area (Å²) in [4.78, 5) is 0. The topological polar surface area (TPSA) is 46.2 Å². The molecule has 0 aromatic heterocycles. The Bertz CT molecular complexity index is 310. The summed E-state index contributed by atoms with van der Waals surface area (Å²) < 4.78 is 21.9. The summed E-state index contributed by atoms with van der Waals surface area (Å²) in [5.41, 5.74) is 0.255. The van der Waals surface area contributed by atoms with Gasteiger partial charge in [0.25, 0.3) is 0 Å². The average Bonchev–Trinajstić information content (AvgIpc) is 2.28. The highest BCUT2D eigenvalue weighted by atomic mass is 35.5. The van der Waals surface area contributed by atoms with Gasteiger partial charge in [-0.2, -0.15) is 0 Å². The van der Waals surface area contributed by atoms with Crippen molar-refractivity contribution in [2.24, 2.45) is 5.41 Å². The van der Waals surface area contributed by atoms with E-state index in [0.717, 1.165) is 13.1 Å². The van der Waals surface area contributed by atoms with Gasteiger partial charge in [-0.05, 0) is 31.2 Å². The predicted molar refractivity (Wildman–Crippen MR) is 73.4 cm³/mol. The van der Waals surface area contributed by atoms with Gasteiger partial charge < -0.3 is 5.32 Å². The van der Waals surface area contributed by atoms with Crippen LogP contribution in [0.2, 0.25) is 0 Å². The predicted octanol–water partition coefficient (Wildman–Crippen LogP) is 2.20. The van der Waals surface area contributed by atoms with Crippen LogP contribution in [0.5, 0.6) is 0 Å². The third kappa shape index (κ3) is 6.07. The van der Waals surface area contributed by atoms with Crippen molar-refractivity contribution in [3.63, 3.8) is 0 Å². The molecule has 1 saturated carbocycles. The highest BCUT2D eigenvalue weighted by molar-refractivity contribution is 7.90. The second-order valence-corrected chi connectivity index (χ2v) is 7.88. The molecule has 0 amide bonds. The van der Waals surface area contributed by atoms with Gasteiger partial charge in [0.15, 0.2) is 0 Å². The maximum Gasteiger partial charge on any atom is 0.147 e. The summed E-state index contributed by atoms with van der Waals surface area (Å²) in [5, 5.41) is 3.37. The lowest BCUT2D eigenvalue weighted by Crippen LogP contribution is -2.38. The molecule has 0 radical (unpaired) electrons. The van der Waals surface area contributed by atoms with Crippen LogP contribution in [0.15, 0.2) is 0 Å². The smallest absolute Gasteiger partial charge is 0.147 e. The summed E-state index contributed by atoms with van der Waals surface area (Å²) in [7, 11) is -2.82. The molecule has 17 heavy (non-hydrogen) atoms. The number of halogens is 1. The minimum absolute atomic E-state index is 0.255. The van der Waals surface area contributed by atoms with Gasteiger partial charge in [0.05, 0.1) is 5.75 Å². The Morgan fingerprint density at radius 3 is 2.41 bits per heavy atom. The van der Waals surface area contributed by atoms with E-state index in [9.17, 15) is 8.42 Å². The molecule has 1 fully saturated rings. The lowest BCUT2D eigenvalue weighted by atomic mass is 9.75. The fraction of sp³-hybridized carbons (Fsp3) is 1.00. The molecule has 0 heterocycles. The highest BCUT2D eigenvalue weighted by Crippen LogP contribution is 2.36. The number of hydrogen-bond donors (Lipinski definition) is 1. The second kappa shape index (κ2) is 6.95. The standard InChI is InChI=1S/C12H24ClNO2S/c1-17(15,16)9-5-8-14-11-12(10-13)6-3-2-4-7-12/h14H,2-11H2,1H3. The number of rotatable bonds is 7. The number of nitrogens with one attached hydrogen (secondary N) is 1. The van der Waals surface area contributed by atoms with Crippen LogP contribution in [-0.2, 0) is 9.84 Å². The molecular formula is C12H24ClNO2S. The fourth-order valence-corrected chi connectivity index (χ4v) is 3.50. The Hall–Kier alpha value is 0.200. The summed E-state index contributed by atoms with van der Waals surface area (Å²) in [6.45, 7) is 1.70. The first-order valence-electron chi connectivity index (χ1n) is 6.42. The number of alkyl halides is 1. The van der Waals surface area contributed by atoms with Crippen molar-refractivity contribution in [2.75, 3.05) is 31.0 Å².